The number of ether oxygens (including phenoxy) is 2. The summed E-state index contributed by atoms with van der Waals surface area (Å²) in [6, 6.07) is 0. The minimum absolute atomic E-state index is 0.00804. The van der Waals surface area contributed by atoms with Gasteiger partial charge in [-0.15, -0.1) is 0 Å². The van der Waals surface area contributed by atoms with Gasteiger partial charge in [-0.1, -0.05) is 25.6 Å². The highest BCUT2D eigenvalue weighted by Gasteiger charge is 2.40. The molecule has 0 aromatic heterocycles. The predicted molar refractivity (Wildman–Crippen MR) is 108 cm³/mol. The molecule has 170 valence electrons. The summed E-state index contributed by atoms with van der Waals surface area (Å²) in [5.74, 6) is -1.95. The first kappa shape index (κ1) is 25.9. The molecule has 0 spiro atoms. The number of cyclic esters (lactones) is 1. The first-order valence-electron chi connectivity index (χ1n) is 9.74. The van der Waals surface area contributed by atoms with E-state index in [1.54, 1.807) is 13.8 Å². The molecule has 30 heavy (non-hydrogen) atoms. The van der Waals surface area contributed by atoms with E-state index in [4.69, 9.17) is 9.47 Å². The highest BCUT2D eigenvalue weighted by Crippen LogP contribution is 2.25. The Morgan fingerprint density at radius 3 is 2.57 bits per heavy atom. The average molecular weight is 447 g/mol. The van der Waals surface area contributed by atoms with Crippen LogP contribution in [0.25, 0.3) is 0 Å². The van der Waals surface area contributed by atoms with Crippen molar-refractivity contribution in [2.75, 3.05) is 25.4 Å². The molecule has 2 atom stereocenters. The van der Waals surface area contributed by atoms with E-state index in [-0.39, 0.29) is 56.4 Å². The Bertz CT molecular complexity index is 650. The Kier molecular flexibility index (Phi) is 10.8. The monoisotopic (exact) mass is 446 g/mol. The molecule has 0 saturated carbocycles. The van der Waals surface area contributed by atoms with Crippen molar-refractivity contribution in [1.82, 2.24) is 10.6 Å². The number of thioether (sulfide) groups is 1. The summed E-state index contributed by atoms with van der Waals surface area (Å²) in [6.07, 6.45) is -2.68. The molecule has 1 saturated heterocycles. The first-order chi connectivity index (χ1) is 14.0. The van der Waals surface area contributed by atoms with E-state index in [9.17, 15) is 29.1 Å². The summed E-state index contributed by atoms with van der Waals surface area (Å²) in [5.41, 5.74) is -1.09. The van der Waals surface area contributed by atoms with Crippen LogP contribution in [0.5, 0.6) is 0 Å². The fourth-order valence-corrected chi connectivity index (χ4v) is 3.19. The standard InChI is InChI=1S/C19H30N2O8S/c1-12(22)10-15(25)29-17-18(27)21-7-6-13(23)20-8-9-30-16(26)5-4-14(24)28-11-19(17,2)3/h12,17,22H,4-11H2,1-3H3,(H,20,23)(H,21,27)/t12-,17+/m1/s1. The Morgan fingerprint density at radius 1 is 1.20 bits per heavy atom. The topological polar surface area (TPSA) is 148 Å². The van der Waals surface area contributed by atoms with Crippen molar-refractivity contribution in [3.63, 3.8) is 0 Å². The summed E-state index contributed by atoms with van der Waals surface area (Å²) in [6.45, 7) is 4.64. The van der Waals surface area contributed by atoms with E-state index in [1.165, 1.54) is 6.92 Å². The molecule has 1 fully saturated rings. The predicted octanol–water partition coefficient (Wildman–Crippen LogP) is -0.0854. The van der Waals surface area contributed by atoms with Gasteiger partial charge < -0.3 is 25.2 Å². The second-order valence-electron chi connectivity index (χ2n) is 7.68. The number of amides is 2. The van der Waals surface area contributed by atoms with Gasteiger partial charge in [-0.25, -0.2) is 0 Å². The van der Waals surface area contributed by atoms with Crippen molar-refractivity contribution < 1.29 is 38.6 Å². The van der Waals surface area contributed by atoms with Gasteiger partial charge >= 0.3 is 11.9 Å². The molecule has 11 heteroatoms. The van der Waals surface area contributed by atoms with Gasteiger partial charge in [0.15, 0.2) is 11.2 Å². The molecule has 1 rings (SSSR count). The largest absolute Gasteiger partial charge is 0.465 e. The van der Waals surface area contributed by atoms with Gasteiger partial charge in [0.1, 0.15) is 6.61 Å². The summed E-state index contributed by atoms with van der Waals surface area (Å²) in [7, 11) is 0. The molecule has 0 radical (unpaired) electrons. The summed E-state index contributed by atoms with van der Waals surface area (Å²) < 4.78 is 10.5. The van der Waals surface area contributed by atoms with Crippen LogP contribution in [-0.2, 0) is 33.4 Å². The minimum Gasteiger partial charge on any atom is -0.465 e. The van der Waals surface area contributed by atoms with Crippen LogP contribution in [0.2, 0.25) is 0 Å². The zero-order valence-electron chi connectivity index (χ0n) is 17.5. The number of rotatable bonds is 3. The molecular weight excluding hydrogens is 416 g/mol. The highest BCUT2D eigenvalue weighted by molar-refractivity contribution is 8.13. The van der Waals surface area contributed by atoms with Crippen molar-refractivity contribution >= 4 is 40.6 Å². The zero-order chi connectivity index (χ0) is 22.7. The Hall–Kier alpha value is -2.14. The van der Waals surface area contributed by atoms with Crippen LogP contribution in [0.3, 0.4) is 0 Å². The first-order valence-corrected chi connectivity index (χ1v) is 10.7. The average Bonchev–Trinajstić information content (AvgIpc) is 2.65. The highest BCUT2D eigenvalue weighted by atomic mass is 32.2. The summed E-state index contributed by atoms with van der Waals surface area (Å²) >= 11 is 1.02. The molecular formula is C19H30N2O8S. The van der Waals surface area contributed by atoms with Gasteiger partial charge in [0, 0.05) is 37.1 Å². The number of esters is 2. The smallest absolute Gasteiger partial charge is 0.309 e. The number of aliphatic hydroxyl groups is 1. The maximum atomic E-state index is 12.7. The number of carbonyl (C=O) groups is 5. The number of nitrogens with one attached hydrogen (secondary N) is 2. The van der Waals surface area contributed by atoms with Crippen LogP contribution >= 0.6 is 11.8 Å². The molecule has 1 heterocycles. The van der Waals surface area contributed by atoms with Gasteiger partial charge in [0.2, 0.25) is 5.91 Å². The number of aliphatic hydroxyl groups excluding tert-OH is 1. The Labute approximate surface area is 179 Å². The van der Waals surface area contributed by atoms with Crippen LogP contribution < -0.4 is 10.6 Å². The molecule has 3 N–H and O–H groups in total. The van der Waals surface area contributed by atoms with Crippen molar-refractivity contribution in [1.29, 1.82) is 0 Å². The number of hydrogen-bond acceptors (Lipinski definition) is 9. The lowest BCUT2D eigenvalue weighted by atomic mass is 9.86. The molecule has 0 aromatic carbocycles. The van der Waals surface area contributed by atoms with Crippen LogP contribution in [0, 0.1) is 5.41 Å². The van der Waals surface area contributed by atoms with Gasteiger partial charge in [-0.2, -0.15) is 0 Å². The van der Waals surface area contributed by atoms with E-state index in [0.717, 1.165) is 11.8 Å². The fourth-order valence-electron chi connectivity index (χ4n) is 2.51. The fraction of sp³-hybridized carbons (Fsp3) is 0.737. The second-order valence-corrected chi connectivity index (χ2v) is 8.84. The normalized spacial score (nSPS) is 23.4. The molecule has 1 aliphatic heterocycles. The van der Waals surface area contributed by atoms with Crippen molar-refractivity contribution in [3.05, 3.63) is 0 Å². The lowest BCUT2D eigenvalue weighted by molar-refractivity contribution is -0.170. The minimum atomic E-state index is -1.31. The van der Waals surface area contributed by atoms with Crippen molar-refractivity contribution in [3.8, 4) is 0 Å². The SMILES string of the molecule is C[C@@H](O)CC(=O)O[C@H]1C(=O)NCCC(=O)NCCSC(=O)CCC(=O)OCC1(C)C. The molecule has 1 aliphatic rings. The number of hydrogen-bond donors (Lipinski definition) is 3. The van der Waals surface area contributed by atoms with E-state index in [2.05, 4.69) is 10.6 Å². The van der Waals surface area contributed by atoms with Crippen LogP contribution in [-0.4, -0.2) is 71.6 Å². The van der Waals surface area contributed by atoms with E-state index >= 15 is 0 Å². The molecule has 0 bridgehead atoms. The van der Waals surface area contributed by atoms with E-state index in [0.29, 0.717) is 5.75 Å². The third-order valence-electron chi connectivity index (χ3n) is 4.14. The third-order valence-corrected chi connectivity index (χ3v) is 5.07. The molecule has 2 amide bonds. The van der Waals surface area contributed by atoms with Crippen LogP contribution in [0.1, 0.15) is 46.5 Å². The van der Waals surface area contributed by atoms with E-state index < -0.39 is 35.5 Å². The van der Waals surface area contributed by atoms with Gasteiger partial charge in [0.05, 0.1) is 18.9 Å². The van der Waals surface area contributed by atoms with E-state index in [1.807, 2.05) is 0 Å². The Balaban J connectivity index is 2.93. The summed E-state index contributed by atoms with van der Waals surface area (Å²) in [4.78, 5) is 60.3. The second kappa shape index (κ2) is 12.5. The van der Waals surface area contributed by atoms with Crippen LogP contribution in [0.15, 0.2) is 0 Å². The third kappa shape index (κ3) is 10.1. The zero-order valence-corrected chi connectivity index (χ0v) is 18.3. The van der Waals surface area contributed by atoms with Crippen molar-refractivity contribution in [2.45, 2.75) is 58.7 Å². The van der Waals surface area contributed by atoms with Gasteiger partial charge in [-0.3, -0.25) is 24.0 Å². The molecule has 0 aliphatic carbocycles. The maximum absolute atomic E-state index is 12.7. The van der Waals surface area contributed by atoms with Crippen LogP contribution in [0.4, 0.5) is 0 Å². The Morgan fingerprint density at radius 2 is 1.90 bits per heavy atom. The quantitative estimate of drug-likeness (QED) is 0.506. The molecule has 0 aromatic rings. The maximum Gasteiger partial charge on any atom is 0.309 e. The lowest BCUT2D eigenvalue weighted by Crippen LogP contribution is -2.49. The van der Waals surface area contributed by atoms with Crippen molar-refractivity contribution in [2.24, 2.45) is 5.41 Å². The van der Waals surface area contributed by atoms with Gasteiger partial charge in [-0.05, 0) is 6.92 Å². The lowest BCUT2D eigenvalue weighted by Gasteiger charge is -2.32. The number of carbonyl (C=O) groups excluding carboxylic acids is 5. The van der Waals surface area contributed by atoms with Gasteiger partial charge in [0.25, 0.3) is 5.91 Å². The summed E-state index contributed by atoms with van der Waals surface area (Å²) in [5, 5.41) is 14.4. The molecule has 0 unspecified atom stereocenters. The molecule has 10 nitrogen and oxygen atoms in total.